The van der Waals surface area contributed by atoms with Crippen LogP contribution in [0.2, 0.25) is 0 Å². The summed E-state index contributed by atoms with van der Waals surface area (Å²) in [5.41, 5.74) is 0.332. The summed E-state index contributed by atoms with van der Waals surface area (Å²) in [6.07, 6.45) is 3.40. The first kappa shape index (κ1) is 13.2. The molecular weight excluding hydrogens is 232 g/mol. The molecule has 5 nitrogen and oxygen atoms in total. The molecule has 2 N–H and O–H groups in total. The van der Waals surface area contributed by atoms with E-state index >= 15 is 0 Å². The minimum Gasteiger partial charge on any atom is -0.481 e. The fourth-order valence-corrected chi connectivity index (χ4v) is 2.94. The number of likely N-dealkylation sites (tertiary alicyclic amines) is 1. The molecule has 1 aliphatic carbocycles. The maximum absolute atomic E-state index is 11.9. The molecule has 2 fully saturated rings. The Morgan fingerprint density at radius 3 is 2.56 bits per heavy atom. The van der Waals surface area contributed by atoms with Gasteiger partial charge in [-0.1, -0.05) is 13.8 Å². The topological polar surface area (TPSA) is 69.6 Å². The number of carbonyl (C=O) groups is 2. The van der Waals surface area contributed by atoms with Gasteiger partial charge in [0.25, 0.3) is 0 Å². The van der Waals surface area contributed by atoms with Crippen molar-refractivity contribution in [2.24, 2.45) is 11.3 Å². The zero-order valence-electron chi connectivity index (χ0n) is 11.1. The van der Waals surface area contributed by atoms with E-state index in [0.717, 1.165) is 19.3 Å². The Hall–Kier alpha value is -1.26. The van der Waals surface area contributed by atoms with Gasteiger partial charge < -0.3 is 15.3 Å². The molecule has 2 amide bonds. The van der Waals surface area contributed by atoms with E-state index in [9.17, 15) is 9.59 Å². The second-order valence-corrected chi connectivity index (χ2v) is 6.42. The Balaban J connectivity index is 1.70. The van der Waals surface area contributed by atoms with Gasteiger partial charge in [0.05, 0.1) is 6.42 Å². The van der Waals surface area contributed by atoms with Crippen molar-refractivity contribution in [3.05, 3.63) is 0 Å². The Bertz CT molecular complexity index is 348. The van der Waals surface area contributed by atoms with Crippen LogP contribution in [0.15, 0.2) is 0 Å². The van der Waals surface area contributed by atoms with Crippen molar-refractivity contribution < 1.29 is 14.7 Å². The maximum atomic E-state index is 11.9. The van der Waals surface area contributed by atoms with Gasteiger partial charge in [-0.15, -0.1) is 0 Å². The third-order valence-corrected chi connectivity index (χ3v) is 4.00. The number of carboxylic acid groups (broad SMARTS) is 1. The minimum absolute atomic E-state index is 0.0284. The van der Waals surface area contributed by atoms with Gasteiger partial charge in [-0.3, -0.25) is 4.79 Å². The Morgan fingerprint density at radius 2 is 2.06 bits per heavy atom. The molecule has 1 atom stereocenters. The van der Waals surface area contributed by atoms with Gasteiger partial charge in [0.15, 0.2) is 0 Å². The monoisotopic (exact) mass is 254 g/mol. The van der Waals surface area contributed by atoms with Gasteiger partial charge in [0.1, 0.15) is 0 Å². The number of nitrogens with one attached hydrogen (secondary N) is 1. The highest BCUT2D eigenvalue weighted by atomic mass is 16.4. The summed E-state index contributed by atoms with van der Waals surface area (Å²) in [4.78, 5) is 24.1. The lowest BCUT2D eigenvalue weighted by Crippen LogP contribution is -2.55. The first-order chi connectivity index (χ1) is 8.35. The van der Waals surface area contributed by atoms with Gasteiger partial charge in [0, 0.05) is 25.0 Å². The average molecular weight is 254 g/mol. The molecule has 2 rings (SSSR count). The largest absolute Gasteiger partial charge is 0.481 e. The number of carbonyl (C=O) groups excluding carboxylic acids is 1. The molecule has 102 valence electrons. The summed E-state index contributed by atoms with van der Waals surface area (Å²) in [5, 5.41) is 11.7. The van der Waals surface area contributed by atoms with Crippen molar-refractivity contribution in [1.29, 1.82) is 0 Å². The molecule has 0 spiro atoms. The molecule has 1 saturated heterocycles. The molecule has 0 aromatic carbocycles. The summed E-state index contributed by atoms with van der Waals surface area (Å²) in [6.45, 7) is 5.61. The quantitative estimate of drug-likeness (QED) is 0.805. The smallest absolute Gasteiger partial charge is 0.317 e. The first-order valence-corrected chi connectivity index (χ1v) is 6.63. The fourth-order valence-electron chi connectivity index (χ4n) is 2.94. The number of aliphatic carboxylic acids is 1. The lowest BCUT2D eigenvalue weighted by molar-refractivity contribution is -0.139. The van der Waals surface area contributed by atoms with E-state index in [0.29, 0.717) is 18.5 Å². The van der Waals surface area contributed by atoms with Crippen LogP contribution >= 0.6 is 0 Å². The standard InChI is InChI=1S/C13H22N2O3/c1-13(2)4-3-10(6-13)14-12(18)15-7-9(8-15)5-11(16)17/h9-10H,3-8H2,1-2H3,(H,14,18)(H,16,17). The maximum Gasteiger partial charge on any atom is 0.317 e. The van der Waals surface area contributed by atoms with E-state index in [1.54, 1.807) is 4.90 Å². The van der Waals surface area contributed by atoms with E-state index in [1.807, 2.05) is 0 Å². The van der Waals surface area contributed by atoms with Gasteiger partial charge in [-0.2, -0.15) is 0 Å². The van der Waals surface area contributed by atoms with E-state index in [4.69, 9.17) is 5.11 Å². The lowest BCUT2D eigenvalue weighted by Gasteiger charge is -2.39. The number of hydrogen-bond acceptors (Lipinski definition) is 2. The number of rotatable bonds is 3. The van der Waals surface area contributed by atoms with Gasteiger partial charge in [-0.05, 0) is 24.7 Å². The van der Waals surface area contributed by atoms with Gasteiger partial charge in [-0.25, -0.2) is 4.79 Å². The molecule has 1 unspecified atom stereocenters. The highest BCUT2D eigenvalue weighted by molar-refractivity contribution is 5.76. The van der Waals surface area contributed by atoms with Crippen LogP contribution in [0.5, 0.6) is 0 Å². The van der Waals surface area contributed by atoms with Crippen molar-refractivity contribution in [2.75, 3.05) is 13.1 Å². The van der Waals surface area contributed by atoms with Crippen LogP contribution in [0, 0.1) is 11.3 Å². The number of amides is 2. The molecule has 18 heavy (non-hydrogen) atoms. The van der Waals surface area contributed by atoms with Gasteiger partial charge >= 0.3 is 12.0 Å². The molecular formula is C13H22N2O3. The van der Waals surface area contributed by atoms with E-state index in [1.165, 1.54) is 0 Å². The predicted molar refractivity (Wildman–Crippen MR) is 67.3 cm³/mol. The second kappa shape index (κ2) is 4.78. The molecule has 1 aliphatic heterocycles. The SMILES string of the molecule is CC1(C)CCC(NC(=O)N2CC(CC(=O)O)C2)C1. The van der Waals surface area contributed by atoms with Crippen LogP contribution in [0.25, 0.3) is 0 Å². The van der Waals surface area contributed by atoms with E-state index < -0.39 is 5.97 Å². The van der Waals surface area contributed by atoms with Crippen molar-refractivity contribution in [1.82, 2.24) is 10.2 Å². The first-order valence-electron chi connectivity index (χ1n) is 6.63. The molecule has 2 aliphatic rings. The molecule has 1 heterocycles. The summed E-state index contributed by atoms with van der Waals surface area (Å²) in [6, 6.07) is 0.255. The van der Waals surface area contributed by atoms with Crippen LogP contribution in [0.4, 0.5) is 4.79 Å². The van der Waals surface area contributed by atoms with Crippen molar-refractivity contribution in [3.63, 3.8) is 0 Å². The van der Waals surface area contributed by atoms with Crippen molar-refractivity contribution >= 4 is 12.0 Å². The van der Waals surface area contributed by atoms with Crippen molar-refractivity contribution in [2.45, 2.75) is 45.6 Å². The van der Waals surface area contributed by atoms with Crippen molar-refractivity contribution in [3.8, 4) is 0 Å². The van der Waals surface area contributed by atoms with Crippen LogP contribution in [-0.4, -0.2) is 41.1 Å². The Labute approximate surface area is 108 Å². The summed E-state index contributed by atoms with van der Waals surface area (Å²) in [7, 11) is 0. The van der Waals surface area contributed by atoms with E-state index in [-0.39, 0.29) is 24.4 Å². The molecule has 0 aromatic heterocycles. The summed E-state index contributed by atoms with van der Waals surface area (Å²) < 4.78 is 0. The zero-order valence-corrected chi connectivity index (χ0v) is 11.1. The third kappa shape index (κ3) is 3.15. The van der Waals surface area contributed by atoms with Crippen LogP contribution in [0.1, 0.15) is 39.5 Å². The molecule has 0 aromatic rings. The highest BCUT2D eigenvalue weighted by Crippen LogP contribution is 2.37. The highest BCUT2D eigenvalue weighted by Gasteiger charge is 2.36. The molecule has 5 heteroatoms. The van der Waals surface area contributed by atoms with Crippen LogP contribution < -0.4 is 5.32 Å². The predicted octanol–water partition coefficient (Wildman–Crippen LogP) is 1.68. The number of carboxylic acids is 1. The Morgan fingerprint density at radius 1 is 1.39 bits per heavy atom. The average Bonchev–Trinajstić information content (AvgIpc) is 2.50. The zero-order chi connectivity index (χ0) is 13.3. The normalized spacial score (nSPS) is 26.8. The number of hydrogen-bond donors (Lipinski definition) is 2. The Kier molecular flexibility index (Phi) is 3.50. The summed E-state index contributed by atoms with van der Waals surface area (Å²) >= 11 is 0. The number of nitrogens with zero attached hydrogens (tertiary/aromatic N) is 1. The second-order valence-electron chi connectivity index (χ2n) is 6.42. The molecule has 1 saturated carbocycles. The number of urea groups is 1. The van der Waals surface area contributed by atoms with Crippen LogP contribution in [-0.2, 0) is 4.79 Å². The fraction of sp³-hybridized carbons (Fsp3) is 0.846. The molecule has 0 bridgehead atoms. The van der Waals surface area contributed by atoms with Crippen LogP contribution in [0.3, 0.4) is 0 Å². The molecule has 0 radical (unpaired) electrons. The summed E-state index contributed by atoms with van der Waals surface area (Å²) in [5.74, 6) is -0.647. The van der Waals surface area contributed by atoms with E-state index in [2.05, 4.69) is 19.2 Å². The van der Waals surface area contributed by atoms with Gasteiger partial charge in [0.2, 0.25) is 0 Å². The lowest BCUT2D eigenvalue weighted by atomic mass is 9.92. The third-order valence-electron chi connectivity index (χ3n) is 4.00. The minimum atomic E-state index is -0.780.